The minimum Gasteiger partial charge on any atom is -0.314 e. The first kappa shape index (κ1) is 14.0. The largest absolute Gasteiger partial charge is 0.314 e. The lowest BCUT2D eigenvalue weighted by Gasteiger charge is -2.28. The van der Waals surface area contributed by atoms with Crippen LogP contribution in [0, 0.1) is 13.8 Å². The molecule has 0 radical (unpaired) electrons. The van der Waals surface area contributed by atoms with E-state index in [9.17, 15) is 8.42 Å². The molecule has 0 aromatic carbocycles. The molecule has 2 unspecified atom stereocenters. The first-order valence-corrected chi connectivity index (χ1v) is 8.51. The van der Waals surface area contributed by atoms with Crippen molar-refractivity contribution in [3.8, 4) is 0 Å². The van der Waals surface area contributed by atoms with E-state index < -0.39 is 10.0 Å². The summed E-state index contributed by atoms with van der Waals surface area (Å²) in [7, 11) is -3.36. The van der Waals surface area contributed by atoms with Crippen molar-refractivity contribution in [3.05, 3.63) is 15.8 Å². The van der Waals surface area contributed by atoms with Crippen LogP contribution in [0.1, 0.15) is 29.5 Å². The van der Waals surface area contributed by atoms with E-state index in [-0.39, 0.29) is 6.04 Å². The van der Waals surface area contributed by atoms with E-state index in [0.717, 1.165) is 29.1 Å². The van der Waals surface area contributed by atoms with Crippen LogP contribution in [-0.4, -0.2) is 27.0 Å². The molecule has 1 aromatic rings. The monoisotopic (exact) mass is 288 g/mol. The van der Waals surface area contributed by atoms with Gasteiger partial charge in [-0.1, -0.05) is 0 Å². The number of rotatable bonds is 3. The molecule has 2 atom stereocenters. The van der Waals surface area contributed by atoms with Crippen molar-refractivity contribution in [2.24, 2.45) is 0 Å². The van der Waals surface area contributed by atoms with E-state index in [0.29, 0.717) is 10.9 Å². The third kappa shape index (κ3) is 3.12. The van der Waals surface area contributed by atoms with Crippen molar-refractivity contribution < 1.29 is 8.42 Å². The standard InChI is InChI=1S/C12H20N2O2S2/c1-8-6-11(4-5-13-8)14-18(15,16)12-7-9(2)17-10(12)3/h7-8,11,13-14H,4-6H2,1-3H3. The number of nitrogens with one attached hydrogen (secondary N) is 2. The Balaban J connectivity index is 2.14. The lowest BCUT2D eigenvalue weighted by atomic mass is 10.0. The third-order valence-electron chi connectivity index (χ3n) is 3.23. The van der Waals surface area contributed by atoms with Gasteiger partial charge in [-0.05, 0) is 46.2 Å². The lowest BCUT2D eigenvalue weighted by molar-refractivity contribution is 0.361. The molecule has 1 saturated heterocycles. The number of piperidine rings is 1. The van der Waals surface area contributed by atoms with Gasteiger partial charge in [0.15, 0.2) is 0 Å². The molecule has 0 aliphatic carbocycles. The molecule has 102 valence electrons. The molecule has 0 bridgehead atoms. The van der Waals surface area contributed by atoms with Gasteiger partial charge in [-0.15, -0.1) is 11.3 Å². The summed E-state index contributed by atoms with van der Waals surface area (Å²) in [6.07, 6.45) is 1.70. The number of aryl methyl sites for hydroxylation is 2. The van der Waals surface area contributed by atoms with Crippen LogP contribution in [0.25, 0.3) is 0 Å². The van der Waals surface area contributed by atoms with Gasteiger partial charge in [-0.2, -0.15) is 0 Å². The van der Waals surface area contributed by atoms with Crippen LogP contribution in [0.15, 0.2) is 11.0 Å². The molecule has 18 heavy (non-hydrogen) atoms. The van der Waals surface area contributed by atoms with Gasteiger partial charge in [0.1, 0.15) is 0 Å². The van der Waals surface area contributed by atoms with Gasteiger partial charge >= 0.3 is 0 Å². The Kier molecular flexibility index (Phi) is 4.11. The molecule has 0 spiro atoms. The zero-order chi connectivity index (χ0) is 13.3. The van der Waals surface area contributed by atoms with Crippen LogP contribution in [0.3, 0.4) is 0 Å². The smallest absolute Gasteiger partial charge is 0.241 e. The Bertz CT molecular complexity index is 522. The van der Waals surface area contributed by atoms with Crippen LogP contribution >= 0.6 is 11.3 Å². The highest BCUT2D eigenvalue weighted by Gasteiger charge is 2.26. The van der Waals surface area contributed by atoms with E-state index in [1.807, 2.05) is 13.8 Å². The number of hydrogen-bond acceptors (Lipinski definition) is 4. The maximum absolute atomic E-state index is 12.3. The van der Waals surface area contributed by atoms with Crippen LogP contribution in [0.2, 0.25) is 0 Å². The topological polar surface area (TPSA) is 58.2 Å². The summed E-state index contributed by atoms with van der Waals surface area (Å²) < 4.78 is 27.5. The van der Waals surface area contributed by atoms with E-state index in [1.165, 1.54) is 11.3 Å². The molecule has 0 amide bonds. The molecule has 1 aromatic heterocycles. The van der Waals surface area contributed by atoms with Crippen LogP contribution in [-0.2, 0) is 10.0 Å². The summed E-state index contributed by atoms with van der Waals surface area (Å²) in [5.41, 5.74) is 0. The number of hydrogen-bond donors (Lipinski definition) is 2. The van der Waals surface area contributed by atoms with Gasteiger partial charge in [0.05, 0.1) is 4.90 Å². The first-order valence-electron chi connectivity index (χ1n) is 6.21. The molecule has 4 nitrogen and oxygen atoms in total. The molecule has 1 fully saturated rings. The molecular weight excluding hydrogens is 268 g/mol. The van der Waals surface area contributed by atoms with E-state index in [2.05, 4.69) is 17.0 Å². The fraction of sp³-hybridized carbons (Fsp3) is 0.667. The summed E-state index contributed by atoms with van der Waals surface area (Å²) in [6.45, 7) is 6.75. The second kappa shape index (κ2) is 5.28. The van der Waals surface area contributed by atoms with Gasteiger partial charge in [-0.3, -0.25) is 0 Å². The maximum atomic E-state index is 12.3. The van der Waals surface area contributed by atoms with Crippen LogP contribution < -0.4 is 10.0 Å². The summed E-state index contributed by atoms with van der Waals surface area (Å²) >= 11 is 1.53. The normalized spacial score (nSPS) is 25.3. The van der Waals surface area contributed by atoms with Crippen molar-refractivity contribution in [3.63, 3.8) is 0 Å². The predicted octanol–water partition coefficient (Wildman–Crippen LogP) is 1.78. The summed E-state index contributed by atoms with van der Waals surface area (Å²) in [4.78, 5) is 2.34. The molecule has 2 heterocycles. The Morgan fingerprint density at radius 2 is 2.17 bits per heavy atom. The zero-order valence-electron chi connectivity index (χ0n) is 11.0. The zero-order valence-corrected chi connectivity index (χ0v) is 12.6. The second-order valence-corrected chi connectivity index (χ2v) is 8.12. The van der Waals surface area contributed by atoms with Crippen LogP contribution in [0.5, 0.6) is 0 Å². The summed E-state index contributed by atoms with van der Waals surface area (Å²) in [6, 6.07) is 2.18. The minimum atomic E-state index is -3.36. The molecule has 2 rings (SSSR count). The molecule has 1 aliphatic rings. The minimum absolute atomic E-state index is 0.0471. The van der Waals surface area contributed by atoms with Crippen molar-refractivity contribution in [1.29, 1.82) is 0 Å². The molecular formula is C12H20N2O2S2. The predicted molar refractivity (Wildman–Crippen MR) is 74.6 cm³/mol. The van der Waals surface area contributed by atoms with Crippen molar-refractivity contribution in [2.45, 2.75) is 50.6 Å². The van der Waals surface area contributed by atoms with E-state index >= 15 is 0 Å². The lowest BCUT2D eigenvalue weighted by Crippen LogP contribution is -2.46. The van der Waals surface area contributed by atoms with Gasteiger partial charge in [0.2, 0.25) is 10.0 Å². The SMILES string of the molecule is Cc1cc(S(=O)(=O)NC2CCNC(C)C2)c(C)s1. The number of thiophene rings is 1. The quantitative estimate of drug-likeness (QED) is 0.891. The van der Waals surface area contributed by atoms with Crippen LogP contribution in [0.4, 0.5) is 0 Å². The summed E-state index contributed by atoms with van der Waals surface area (Å²) in [5.74, 6) is 0. The molecule has 2 N–H and O–H groups in total. The average Bonchev–Trinajstić information content (AvgIpc) is 2.58. The summed E-state index contributed by atoms with van der Waals surface area (Å²) in [5, 5.41) is 3.32. The van der Waals surface area contributed by atoms with E-state index in [4.69, 9.17) is 0 Å². The Morgan fingerprint density at radius 3 is 2.72 bits per heavy atom. The highest BCUT2D eigenvalue weighted by molar-refractivity contribution is 7.89. The second-order valence-electron chi connectivity index (χ2n) is 4.98. The highest BCUT2D eigenvalue weighted by atomic mass is 32.2. The fourth-order valence-corrected chi connectivity index (χ4v) is 5.23. The van der Waals surface area contributed by atoms with Gasteiger partial charge in [0.25, 0.3) is 0 Å². The number of sulfonamides is 1. The van der Waals surface area contributed by atoms with Gasteiger partial charge in [0, 0.05) is 21.8 Å². The third-order valence-corrected chi connectivity index (χ3v) is 5.97. The Morgan fingerprint density at radius 1 is 1.44 bits per heavy atom. The van der Waals surface area contributed by atoms with E-state index in [1.54, 1.807) is 6.07 Å². The highest BCUT2D eigenvalue weighted by Crippen LogP contribution is 2.25. The fourth-order valence-electron chi connectivity index (χ4n) is 2.40. The van der Waals surface area contributed by atoms with Gasteiger partial charge < -0.3 is 5.32 Å². The van der Waals surface area contributed by atoms with Gasteiger partial charge in [-0.25, -0.2) is 13.1 Å². The average molecular weight is 288 g/mol. The molecule has 6 heteroatoms. The Hall–Kier alpha value is -0.430. The Labute approximate surface area is 113 Å². The van der Waals surface area contributed by atoms with Crippen molar-refractivity contribution in [1.82, 2.24) is 10.0 Å². The molecule has 1 aliphatic heterocycles. The van der Waals surface area contributed by atoms with Crippen molar-refractivity contribution in [2.75, 3.05) is 6.54 Å². The van der Waals surface area contributed by atoms with Crippen molar-refractivity contribution >= 4 is 21.4 Å². The first-order chi connectivity index (χ1) is 8.38. The molecule has 0 saturated carbocycles. The maximum Gasteiger partial charge on any atom is 0.241 e.